The molecule has 2 amide bonds. The van der Waals surface area contributed by atoms with Gasteiger partial charge in [-0.05, 0) is 29.9 Å². The SMILES string of the molecule is O=C(N[C@@H]1CO[C@@H](c2ccccc2)CN(CC2CC2)C1=O)OCc1ccccc1. The number of rotatable bonds is 6. The molecule has 0 bridgehead atoms. The van der Waals surface area contributed by atoms with Crippen LogP contribution in [0, 0.1) is 5.92 Å². The molecule has 6 nitrogen and oxygen atoms in total. The number of carbonyl (C=O) groups excluding carboxylic acids is 2. The molecule has 152 valence electrons. The lowest BCUT2D eigenvalue weighted by Crippen LogP contribution is -2.49. The summed E-state index contributed by atoms with van der Waals surface area (Å²) in [5.74, 6) is 0.450. The Bertz CT molecular complexity index is 823. The average molecular weight is 394 g/mol. The first-order valence-electron chi connectivity index (χ1n) is 10.1. The third-order valence-electron chi connectivity index (χ3n) is 5.31. The summed E-state index contributed by atoms with van der Waals surface area (Å²) in [6.45, 7) is 1.49. The van der Waals surface area contributed by atoms with Gasteiger partial charge in [0.25, 0.3) is 0 Å². The fourth-order valence-corrected chi connectivity index (χ4v) is 3.50. The van der Waals surface area contributed by atoms with E-state index in [0.717, 1.165) is 24.0 Å². The average Bonchev–Trinajstić information content (AvgIpc) is 3.59. The van der Waals surface area contributed by atoms with Crippen molar-refractivity contribution in [3.63, 3.8) is 0 Å². The summed E-state index contributed by atoms with van der Waals surface area (Å²) in [5.41, 5.74) is 1.93. The largest absolute Gasteiger partial charge is 0.445 e. The van der Waals surface area contributed by atoms with Gasteiger partial charge in [0.15, 0.2) is 0 Å². The van der Waals surface area contributed by atoms with Crippen LogP contribution in [0.2, 0.25) is 0 Å². The first-order valence-corrected chi connectivity index (χ1v) is 10.1. The summed E-state index contributed by atoms with van der Waals surface area (Å²) in [6, 6.07) is 18.6. The highest BCUT2D eigenvalue weighted by Crippen LogP contribution is 2.32. The van der Waals surface area contributed by atoms with Crippen molar-refractivity contribution in [3.05, 3.63) is 71.8 Å². The van der Waals surface area contributed by atoms with Crippen molar-refractivity contribution in [1.29, 1.82) is 0 Å². The summed E-state index contributed by atoms with van der Waals surface area (Å²) in [6.07, 6.45) is 1.49. The van der Waals surface area contributed by atoms with Crippen LogP contribution in [0.25, 0.3) is 0 Å². The molecular weight excluding hydrogens is 368 g/mol. The molecule has 29 heavy (non-hydrogen) atoms. The molecule has 1 aliphatic heterocycles. The summed E-state index contributed by atoms with van der Waals surface area (Å²) < 4.78 is 11.3. The van der Waals surface area contributed by atoms with Crippen LogP contribution in [0.3, 0.4) is 0 Å². The molecule has 2 aromatic carbocycles. The Morgan fingerprint density at radius 1 is 1.07 bits per heavy atom. The number of nitrogens with zero attached hydrogens (tertiary/aromatic N) is 1. The minimum absolute atomic E-state index is 0.105. The Balaban J connectivity index is 1.40. The molecule has 1 aliphatic carbocycles. The van der Waals surface area contributed by atoms with Gasteiger partial charge in [0.05, 0.1) is 13.2 Å². The van der Waals surface area contributed by atoms with Gasteiger partial charge >= 0.3 is 6.09 Å². The summed E-state index contributed by atoms with van der Waals surface area (Å²) in [4.78, 5) is 27.2. The molecule has 2 fully saturated rings. The maximum absolute atomic E-state index is 13.1. The van der Waals surface area contributed by atoms with Gasteiger partial charge in [-0.15, -0.1) is 0 Å². The third-order valence-corrected chi connectivity index (χ3v) is 5.31. The molecular formula is C23H26N2O4. The van der Waals surface area contributed by atoms with Crippen LogP contribution in [0.15, 0.2) is 60.7 Å². The van der Waals surface area contributed by atoms with Crippen LogP contribution in [0.1, 0.15) is 30.1 Å². The highest BCUT2D eigenvalue weighted by molar-refractivity contribution is 5.86. The highest BCUT2D eigenvalue weighted by Gasteiger charge is 2.36. The molecule has 1 heterocycles. The van der Waals surface area contributed by atoms with Crippen molar-refractivity contribution in [1.82, 2.24) is 10.2 Å². The lowest BCUT2D eigenvalue weighted by molar-refractivity contribution is -0.132. The number of benzene rings is 2. The first kappa shape index (κ1) is 19.5. The second-order valence-electron chi connectivity index (χ2n) is 7.68. The second kappa shape index (κ2) is 9.09. The van der Waals surface area contributed by atoms with Gasteiger partial charge < -0.3 is 19.7 Å². The number of hydrogen-bond acceptors (Lipinski definition) is 4. The predicted octanol–water partition coefficient (Wildman–Crippen LogP) is 3.29. The fourth-order valence-electron chi connectivity index (χ4n) is 3.50. The quantitative estimate of drug-likeness (QED) is 0.816. The van der Waals surface area contributed by atoms with E-state index < -0.39 is 12.1 Å². The maximum atomic E-state index is 13.1. The molecule has 0 spiro atoms. The molecule has 2 aromatic rings. The second-order valence-corrected chi connectivity index (χ2v) is 7.68. The standard InChI is InChI=1S/C23H26N2O4/c26-22-20(24-23(27)29-15-18-7-3-1-4-8-18)16-28-21(19-9-5-2-6-10-19)14-25(22)13-17-11-12-17/h1-10,17,20-21H,11-16H2,(H,24,27)/t20-,21-/m1/s1. The Morgan fingerprint density at radius 3 is 2.45 bits per heavy atom. The van der Waals surface area contributed by atoms with E-state index >= 15 is 0 Å². The van der Waals surface area contributed by atoms with Gasteiger partial charge in [-0.3, -0.25) is 4.79 Å². The zero-order valence-corrected chi connectivity index (χ0v) is 16.3. The van der Waals surface area contributed by atoms with Crippen LogP contribution < -0.4 is 5.32 Å². The van der Waals surface area contributed by atoms with Gasteiger partial charge in [0, 0.05) is 6.54 Å². The van der Waals surface area contributed by atoms with Gasteiger partial charge in [-0.1, -0.05) is 60.7 Å². The molecule has 0 radical (unpaired) electrons. The van der Waals surface area contributed by atoms with Gasteiger partial charge in [-0.25, -0.2) is 4.79 Å². The van der Waals surface area contributed by atoms with E-state index in [1.165, 1.54) is 0 Å². The van der Waals surface area contributed by atoms with Crippen LogP contribution in [-0.2, 0) is 20.9 Å². The van der Waals surface area contributed by atoms with Crippen LogP contribution in [-0.4, -0.2) is 42.6 Å². The smallest absolute Gasteiger partial charge is 0.408 e. The molecule has 1 saturated heterocycles. The fraction of sp³-hybridized carbons (Fsp3) is 0.391. The van der Waals surface area contributed by atoms with E-state index in [4.69, 9.17) is 9.47 Å². The molecule has 4 rings (SSSR count). The van der Waals surface area contributed by atoms with Gasteiger partial charge in [0.2, 0.25) is 5.91 Å². The Labute approximate surface area is 170 Å². The molecule has 1 saturated carbocycles. The van der Waals surface area contributed by atoms with Crippen molar-refractivity contribution in [2.24, 2.45) is 5.92 Å². The van der Waals surface area contributed by atoms with E-state index in [1.54, 1.807) is 0 Å². The number of ether oxygens (including phenoxy) is 2. The zero-order chi connectivity index (χ0) is 20.1. The van der Waals surface area contributed by atoms with Crippen molar-refractivity contribution < 1.29 is 19.1 Å². The monoisotopic (exact) mass is 394 g/mol. The van der Waals surface area contributed by atoms with Crippen LogP contribution in [0.4, 0.5) is 4.79 Å². The Hall–Kier alpha value is -2.86. The van der Waals surface area contributed by atoms with Crippen molar-refractivity contribution in [2.45, 2.75) is 31.6 Å². The van der Waals surface area contributed by atoms with Crippen molar-refractivity contribution >= 4 is 12.0 Å². The van der Waals surface area contributed by atoms with Crippen molar-refractivity contribution in [2.75, 3.05) is 19.7 Å². The molecule has 0 unspecified atom stereocenters. The van der Waals surface area contributed by atoms with E-state index in [-0.39, 0.29) is 25.2 Å². The first-order chi connectivity index (χ1) is 14.2. The Kier molecular flexibility index (Phi) is 6.10. The zero-order valence-electron chi connectivity index (χ0n) is 16.3. The van der Waals surface area contributed by atoms with Crippen LogP contribution >= 0.6 is 0 Å². The summed E-state index contributed by atoms with van der Waals surface area (Å²) >= 11 is 0. The summed E-state index contributed by atoms with van der Waals surface area (Å²) in [7, 11) is 0. The van der Waals surface area contributed by atoms with Crippen molar-refractivity contribution in [3.8, 4) is 0 Å². The van der Waals surface area contributed by atoms with Crippen LogP contribution in [0.5, 0.6) is 0 Å². The third kappa shape index (κ3) is 5.35. The number of hydrogen-bond donors (Lipinski definition) is 1. The van der Waals surface area contributed by atoms with E-state index in [1.807, 2.05) is 65.6 Å². The van der Waals surface area contributed by atoms with E-state index in [2.05, 4.69) is 5.32 Å². The molecule has 2 aliphatic rings. The lowest BCUT2D eigenvalue weighted by Gasteiger charge is -2.25. The number of carbonyl (C=O) groups is 2. The molecule has 6 heteroatoms. The number of nitrogens with one attached hydrogen (secondary N) is 1. The summed E-state index contributed by atoms with van der Waals surface area (Å²) in [5, 5.41) is 2.70. The Morgan fingerprint density at radius 2 is 1.76 bits per heavy atom. The highest BCUT2D eigenvalue weighted by atomic mass is 16.5. The minimum Gasteiger partial charge on any atom is -0.445 e. The van der Waals surface area contributed by atoms with Gasteiger partial charge in [0.1, 0.15) is 18.8 Å². The molecule has 0 aromatic heterocycles. The van der Waals surface area contributed by atoms with Gasteiger partial charge in [-0.2, -0.15) is 0 Å². The number of amides is 2. The molecule has 2 atom stereocenters. The minimum atomic E-state index is -0.745. The maximum Gasteiger partial charge on any atom is 0.408 e. The topological polar surface area (TPSA) is 67.9 Å². The van der Waals surface area contributed by atoms with E-state index in [0.29, 0.717) is 19.0 Å². The normalized spacial score (nSPS) is 22.1. The lowest BCUT2D eigenvalue weighted by atomic mass is 10.1. The number of alkyl carbamates (subject to hydrolysis) is 1. The predicted molar refractivity (Wildman–Crippen MR) is 108 cm³/mol. The van der Waals surface area contributed by atoms with E-state index in [9.17, 15) is 9.59 Å². The molecule has 1 N–H and O–H groups in total.